The Hall–Kier alpha value is -2.42. The maximum Gasteiger partial charge on any atom is 0.401 e. The van der Waals surface area contributed by atoms with Crippen LogP contribution in [0.5, 0.6) is 0 Å². The Kier molecular flexibility index (Phi) is 5.33. The van der Waals surface area contributed by atoms with Crippen molar-refractivity contribution in [1.82, 2.24) is 19.6 Å². The molecule has 9 heteroatoms. The van der Waals surface area contributed by atoms with E-state index in [4.69, 9.17) is 0 Å². The van der Waals surface area contributed by atoms with Gasteiger partial charge in [-0.05, 0) is 37.8 Å². The number of benzene rings is 1. The van der Waals surface area contributed by atoms with Gasteiger partial charge in [-0.25, -0.2) is 9.07 Å². The van der Waals surface area contributed by atoms with Crippen molar-refractivity contribution >= 4 is 5.91 Å². The van der Waals surface area contributed by atoms with E-state index in [2.05, 4.69) is 5.10 Å². The molecule has 0 saturated carbocycles. The molecule has 1 aliphatic carbocycles. The second-order valence-corrected chi connectivity index (χ2v) is 7.53. The minimum Gasteiger partial charge on any atom is -0.336 e. The van der Waals surface area contributed by atoms with Crippen LogP contribution in [0.4, 0.5) is 17.6 Å². The molecule has 1 aromatic carbocycles. The van der Waals surface area contributed by atoms with E-state index >= 15 is 0 Å². The summed E-state index contributed by atoms with van der Waals surface area (Å²) >= 11 is 0. The van der Waals surface area contributed by atoms with Crippen molar-refractivity contribution in [3.8, 4) is 5.69 Å². The lowest BCUT2D eigenvalue weighted by molar-refractivity contribution is -0.145. The first-order valence-electron chi connectivity index (χ1n) is 9.77. The molecule has 1 aliphatic heterocycles. The van der Waals surface area contributed by atoms with Gasteiger partial charge in [-0.2, -0.15) is 18.3 Å². The zero-order chi connectivity index (χ0) is 20.6. The summed E-state index contributed by atoms with van der Waals surface area (Å²) in [6, 6.07) is 6.28. The lowest BCUT2D eigenvalue weighted by Crippen LogP contribution is -2.38. The average Bonchev–Trinajstić information content (AvgIpc) is 3.18. The maximum atomic E-state index is 14.3. The number of rotatable bonds is 3. The molecule has 2 heterocycles. The number of hydrogen-bond donors (Lipinski definition) is 0. The highest BCUT2D eigenvalue weighted by molar-refractivity contribution is 5.94. The Labute approximate surface area is 165 Å². The van der Waals surface area contributed by atoms with Crippen LogP contribution in [0.2, 0.25) is 0 Å². The van der Waals surface area contributed by atoms with Crippen LogP contribution in [0.1, 0.15) is 34.6 Å². The minimum atomic E-state index is -4.25. The van der Waals surface area contributed by atoms with E-state index in [-0.39, 0.29) is 19.0 Å². The summed E-state index contributed by atoms with van der Waals surface area (Å²) < 4.78 is 53.8. The van der Waals surface area contributed by atoms with Crippen molar-refractivity contribution in [2.45, 2.75) is 31.9 Å². The maximum absolute atomic E-state index is 14.3. The van der Waals surface area contributed by atoms with Crippen molar-refractivity contribution < 1.29 is 22.4 Å². The van der Waals surface area contributed by atoms with E-state index in [0.717, 1.165) is 17.7 Å². The van der Waals surface area contributed by atoms with Crippen LogP contribution >= 0.6 is 0 Å². The van der Waals surface area contributed by atoms with Crippen molar-refractivity contribution in [1.29, 1.82) is 0 Å². The summed E-state index contributed by atoms with van der Waals surface area (Å²) in [6.45, 7) is 0.101. The smallest absolute Gasteiger partial charge is 0.336 e. The number of halogens is 4. The van der Waals surface area contributed by atoms with Crippen molar-refractivity contribution in [3.63, 3.8) is 0 Å². The topological polar surface area (TPSA) is 41.4 Å². The normalized spacial score (nSPS) is 18.0. The molecule has 1 fully saturated rings. The molecule has 156 valence electrons. The molecule has 0 unspecified atom stereocenters. The van der Waals surface area contributed by atoms with Gasteiger partial charge in [0.05, 0.1) is 6.54 Å². The van der Waals surface area contributed by atoms with E-state index in [1.807, 2.05) is 0 Å². The molecule has 0 radical (unpaired) electrons. The fourth-order valence-electron chi connectivity index (χ4n) is 4.17. The van der Waals surface area contributed by atoms with Crippen LogP contribution in [0.25, 0.3) is 5.69 Å². The van der Waals surface area contributed by atoms with Gasteiger partial charge in [0.25, 0.3) is 5.91 Å². The number of carbonyl (C=O) groups excluding carboxylic acids is 1. The van der Waals surface area contributed by atoms with E-state index in [1.54, 1.807) is 23.1 Å². The Morgan fingerprint density at radius 2 is 1.83 bits per heavy atom. The van der Waals surface area contributed by atoms with E-state index in [9.17, 15) is 22.4 Å². The Morgan fingerprint density at radius 1 is 1.03 bits per heavy atom. The van der Waals surface area contributed by atoms with Gasteiger partial charge in [-0.1, -0.05) is 12.1 Å². The van der Waals surface area contributed by atoms with Gasteiger partial charge in [0, 0.05) is 37.4 Å². The summed E-state index contributed by atoms with van der Waals surface area (Å²) in [6.07, 6.45) is -1.51. The number of fused-ring (bicyclic) bond motifs is 1. The molecule has 0 N–H and O–H groups in total. The molecule has 5 nitrogen and oxygen atoms in total. The molecular weight excluding hydrogens is 388 g/mol. The van der Waals surface area contributed by atoms with Crippen LogP contribution in [-0.4, -0.2) is 64.4 Å². The molecule has 1 saturated heterocycles. The number of para-hydroxylation sites is 1. The number of hydrogen-bond acceptors (Lipinski definition) is 3. The predicted molar refractivity (Wildman–Crippen MR) is 98.6 cm³/mol. The summed E-state index contributed by atoms with van der Waals surface area (Å²) in [5.41, 5.74) is 2.27. The standard InChI is InChI=1S/C20H22F4N4O/c21-15-6-1-2-7-17(15)28-16-8-3-5-14(16)18(25-28)19(29)27-10-4-9-26(11-12-27)13-20(22,23)24/h1-2,6-7H,3-5,8-13H2. The van der Waals surface area contributed by atoms with Gasteiger partial charge >= 0.3 is 6.18 Å². The second kappa shape index (κ2) is 7.78. The molecule has 0 bridgehead atoms. The Bertz CT molecular complexity index is 908. The van der Waals surface area contributed by atoms with Crippen molar-refractivity contribution in [3.05, 3.63) is 47.0 Å². The Morgan fingerprint density at radius 3 is 2.59 bits per heavy atom. The number of nitrogens with zero attached hydrogens (tertiary/aromatic N) is 4. The molecule has 4 rings (SSSR count). The first-order chi connectivity index (χ1) is 13.8. The predicted octanol–water partition coefficient (Wildman–Crippen LogP) is 3.21. The fraction of sp³-hybridized carbons (Fsp3) is 0.500. The first-order valence-corrected chi connectivity index (χ1v) is 9.77. The van der Waals surface area contributed by atoms with Gasteiger partial charge in [0.1, 0.15) is 11.5 Å². The monoisotopic (exact) mass is 410 g/mol. The first kappa shape index (κ1) is 19.9. The summed E-state index contributed by atoms with van der Waals surface area (Å²) in [5, 5.41) is 4.44. The molecule has 29 heavy (non-hydrogen) atoms. The molecular formula is C20H22F4N4O. The van der Waals surface area contributed by atoms with Crippen LogP contribution < -0.4 is 0 Å². The van der Waals surface area contributed by atoms with Crippen LogP contribution in [0.3, 0.4) is 0 Å². The van der Waals surface area contributed by atoms with Gasteiger partial charge in [0.15, 0.2) is 5.69 Å². The number of amides is 1. The third-order valence-corrected chi connectivity index (χ3v) is 5.49. The Balaban J connectivity index is 1.57. The summed E-state index contributed by atoms with van der Waals surface area (Å²) in [4.78, 5) is 16.1. The van der Waals surface area contributed by atoms with Crippen molar-refractivity contribution in [2.75, 3.05) is 32.7 Å². The largest absolute Gasteiger partial charge is 0.401 e. The second-order valence-electron chi connectivity index (χ2n) is 7.53. The number of alkyl halides is 3. The third kappa shape index (κ3) is 4.14. The quantitative estimate of drug-likeness (QED) is 0.730. The summed E-state index contributed by atoms with van der Waals surface area (Å²) in [7, 11) is 0. The fourth-order valence-corrected chi connectivity index (χ4v) is 4.17. The average molecular weight is 410 g/mol. The molecule has 1 amide bonds. The summed E-state index contributed by atoms with van der Waals surface area (Å²) in [5.74, 6) is -0.701. The molecule has 1 aromatic heterocycles. The van der Waals surface area contributed by atoms with Crippen LogP contribution in [-0.2, 0) is 12.8 Å². The lowest BCUT2D eigenvalue weighted by atomic mass is 10.2. The molecule has 2 aromatic rings. The minimum absolute atomic E-state index is 0.168. The highest BCUT2D eigenvalue weighted by Crippen LogP contribution is 2.29. The number of aromatic nitrogens is 2. The molecule has 0 spiro atoms. The third-order valence-electron chi connectivity index (χ3n) is 5.49. The van der Waals surface area contributed by atoms with Crippen molar-refractivity contribution in [2.24, 2.45) is 0 Å². The highest BCUT2D eigenvalue weighted by Gasteiger charge is 2.34. The van der Waals surface area contributed by atoms with Crippen LogP contribution in [0, 0.1) is 5.82 Å². The SMILES string of the molecule is O=C(c1nn(-c2ccccc2F)c2c1CCC2)N1CCCN(CC(F)(F)F)CC1. The lowest BCUT2D eigenvalue weighted by Gasteiger charge is -2.22. The van der Waals surface area contributed by atoms with Gasteiger partial charge in [-0.15, -0.1) is 0 Å². The highest BCUT2D eigenvalue weighted by atomic mass is 19.4. The zero-order valence-corrected chi connectivity index (χ0v) is 15.9. The van der Waals surface area contributed by atoms with Gasteiger partial charge in [0.2, 0.25) is 0 Å². The van der Waals surface area contributed by atoms with Gasteiger partial charge < -0.3 is 4.90 Å². The van der Waals surface area contributed by atoms with E-state index in [1.165, 1.54) is 15.6 Å². The van der Waals surface area contributed by atoms with Gasteiger partial charge in [-0.3, -0.25) is 9.69 Å². The van der Waals surface area contributed by atoms with Crippen LogP contribution in [0.15, 0.2) is 24.3 Å². The molecule has 0 atom stereocenters. The molecule has 2 aliphatic rings. The zero-order valence-electron chi connectivity index (χ0n) is 15.9. The van der Waals surface area contributed by atoms with E-state index in [0.29, 0.717) is 43.7 Å². The van der Waals surface area contributed by atoms with E-state index < -0.39 is 18.5 Å². The number of carbonyl (C=O) groups is 1.